The largest absolute Gasteiger partial charge is 0.361 e. The van der Waals surface area contributed by atoms with Gasteiger partial charge in [0.05, 0.1) is 5.69 Å². The number of hydrogen-bond donors (Lipinski definition) is 2. The molecule has 1 aliphatic heterocycles. The quantitative estimate of drug-likeness (QED) is 0.710. The van der Waals surface area contributed by atoms with Crippen molar-refractivity contribution in [2.45, 2.75) is 52.0 Å². The first-order valence-electron chi connectivity index (χ1n) is 10.2. The highest BCUT2D eigenvalue weighted by Gasteiger charge is 2.28. The van der Waals surface area contributed by atoms with Crippen LogP contribution in [0.25, 0.3) is 0 Å². The number of rotatable bonds is 9. The third-order valence-corrected chi connectivity index (χ3v) is 5.40. The van der Waals surface area contributed by atoms with Gasteiger partial charge in [-0.05, 0) is 49.8 Å². The van der Waals surface area contributed by atoms with Crippen molar-refractivity contribution in [2.24, 2.45) is 11.8 Å². The highest BCUT2D eigenvalue weighted by molar-refractivity contribution is 5.76. The molecule has 1 fully saturated rings. The van der Waals surface area contributed by atoms with E-state index in [-0.39, 0.29) is 5.91 Å². The molecule has 1 aromatic carbocycles. The van der Waals surface area contributed by atoms with E-state index in [9.17, 15) is 4.79 Å². The van der Waals surface area contributed by atoms with Crippen molar-refractivity contribution < 1.29 is 9.32 Å². The molecular formula is C22H31N3O2. The highest BCUT2D eigenvalue weighted by atomic mass is 16.5. The fourth-order valence-corrected chi connectivity index (χ4v) is 3.78. The van der Waals surface area contributed by atoms with E-state index in [2.05, 4.69) is 28.8 Å². The predicted molar refractivity (Wildman–Crippen MR) is 106 cm³/mol. The Bertz CT molecular complexity index is 699. The van der Waals surface area contributed by atoms with E-state index >= 15 is 0 Å². The maximum absolute atomic E-state index is 12.4. The molecule has 1 aliphatic rings. The van der Waals surface area contributed by atoms with Gasteiger partial charge < -0.3 is 15.2 Å². The number of aromatic nitrogens is 1. The maximum atomic E-state index is 12.4. The van der Waals surface area contributed by atoms with Crippen molar-refractivity contribution in [1.82, 2.24) is 15.8 Å². The summed E-state index contributed by atoms with van der Waals surface area (Å²) in [6.07, 6.45) is 5.73. The van der Waals surface area contributed by atoms with E-state index in [4.69, 9.17) is 4.52 Å². The van der Waals surface area contributed by atoms with Gasteiger partial charge >= 0.3 is 0 Å². The molecule has 2 aromatic rings. The highest BCUT2D eigenvalue weighted by Crippen LogP contribution is 2.26. The zero-order valence-electron chi connectivity index (χ0n) is 16.2. The first-order chi connectivity index (χ1) is 13.2. The van der Waals surface area contributed by atoms with Gasteiger partial charge in [0.2, 0.25) is 5.91 Å². The summed E-state index contributed by atoms with van der Waals surface area (Å²) in [6, 6.07) is 12.1. The van der Waals surface area contributed by atoms with E-state index in [0.29, 0.717) is 24.8 Å². The number of nitrogens with zero attached hydrogens (tertiary/aromatic N) is 1. The van der Waals surface area contributed by atoms with Gasteiger partial charge in [-0.25, -0.2) is 0 Å². The minimum absolute atomic E-state index is 0.138. The average molecular weight is 370 g/mol. The van der Waals surface area contributed by atoms with Crippen LogP contribution in [0.4, 0.5) is 0 Å². The summed E-state index contributed by atoms with van der Waals surface area (Å²) in [5.74, 6) is 1.93. The zero-order valence-corrected chi connectivity index (χ0v) is 16.2. The molecule has 3 rings (SSSR count). The molecule has 1 aromatic heterocycles. The number of benzene rings is 1. The summed E-state index contributed by atoms with van der Waals surface area (Å²) in [7, 11) is 0. The second-order valence-electron chi connectivity index (χ2n) is 7.57. The molecule has 1 saturated heterocycles. The van der Waals surface area contributed by atoms with Gasteiger partial charge in [0, 0.05) is 25.5 Å². The van der Waals surface area contributed by atoms with E-state index < -0.39 is 0 Å². The van der Waals surface area contributed by atoms with Gasteiger partial charge in [0.1, 0.15) is 5.76 Å². The molecule has 2 atom stereocenters. The van der Waals surface area contributed by atoms with Crippen molar-refractivity contribution in [1.29, 1.82) is 0 Å². The lowest BCUT2D eigenvalue weighted by Gasteiger charge is -2.31. The van der Waals surface area contributed by atoms with Crippen molar-refractivity contribution in [3.63, 3.8) is 0 Å². The van der Waals surface area contributed by atoms with Crippen LogP contribution in [-0.2, 0) is 24.2 Å². The molecule has 2 N–H and O–H groups in total. The van der Waals surface area contributed by atoms with E-state index in [1.807, 2.05) is 30.3 Å². The first-order valence-corrected chi connectivity index (χ1v) is 10.2. The molecule has 27 heavy (non-hydrogen) atoms. The Kier molecular flexibility index (Phi) is 7.45. The molecular weight excluding hydrogens is 338 g/mol. The van der Waals surface area contributed by atoms with Gasteiger partial charge in [-0.2, -0.15) is 0 Å². The van der Waals surface area contributed by atoms with E-state index in [1.54, 1.807) is 0 Å². The van der Waals surface area contributed by atoms with Crippen LogP contribution in [0.2, 0.25) is 0 Å². The Hall–Kier alpha value is -2.14. The molecule has 0 unspecified atom stereocenters. The maximum Gasteiger partial charge on any atom is 0.220 e. The molecule has 5 nitrogen and oxygen atoms in total. The number of hydrogen-bond acceptors (Lipinski definition) is 4. The molecule has 0 radical (unpaired) electrons. The normalized spacial score (nSPS) is 19.7. The summed E-state index contributed by atoms with van der Waals surface area (Å²) in [5, 5.41) is 10.8. The summed E-state index contributed by atoms with van der Waals surface area (Å²) in [5.41, 5.74) is 2.15. The molecule has 0 spiro atoms. The molecule has 1 amide bonds. The minimum Gasteiger partial charge on any atom is -0.361 e. The van der Waals surface area contributed by atoms with Crippen LogP contribution in [0.5, 0.6) is 0 Å². The lowest BCUT2D eigenvalue weighted by Crippen LogP contribution is -2.40. The zero-order chi connectivity index (χ0) is 18.9. The number of aryl methyl sites for hydroxylation is 1. The Morgan fingerprint density at radius 2 is 2.15 bits per heavy atom. The van der Waals surface area contributed by atoms with Crippen LogP contribution in [0.3, 0.4) is 0 Å². The Balaban J connectivity index is 1.50. The average Bonchev–Trinajstić information content (AvgIpc) is 3.14. The van der Waals surface area contributed by atoms with Crippen LogP contribution in [0, 0.1) is 11.8 Å². The van der Waals surface area contributed by atoms with Crippen LogP contribution >= 0.6 is 0 Å². The third kappa shape index (κ3) is 6.21. The second-order valence-corrected chi connectivity index (χ2v) is 7.57. The standard InChI is InChI=1S/C22H31N3O2/c1-2-3-9-21-14-20(25-27-21)12-19-16-23-11-10-18(19)13-22(26)24-15-17-7-5-4-6-8-17/h4-8,14,18-19,23H,2-3,9-13,15-16H2,1H3,(H,24,26)/t18-,19-/m0/s1. The first kappa shape index (κ1) is 19.6. The number of amides is 1. The second kappa shape index (κ2) is 10.3. The molecule has 146 valence electrons. The van der Waals surface area contributed by atoms with Crippen LogP contribution in [0.15, 0.2) is 40.9 Å². The number of carbonyl (C=O) groups excluding carboxylic acids is 1. The van der Waals surface area contributed by atoms with Crippen molar-refractivity contribution >= 4 is 5.91 Å². The number of carbonyl (C=O) groups is 1. The fraction of sp³-hybridized carbons (Fsp3) is 0.545. The molecule has 0 aliphatic carbocycles. The van der Waals surface area contributed by atoms with Crippen molar-refractivity contribution in [3.8, 4) is 0 Å². The molecule has 0 saturated carbocycles. The summed E-state index contributed by atoms with van der Waals surface area (Å²) in [6.45, 7) is 4.69. The monoisotopic (exact) mass is 369 g/mol. The van der Waals surface area contributed by atoms with Crippen LogP contribution < -0.4 is 10.6 Å². The summed E-state index contributed by atoms with van der Waals surface area (Å²) in [4.78, 5) is 12.4. The number of nitrogens with one attached hydrogen (secondary N) is 2. The predicted octanol–water partition coefficient (Wildman–Crippen LogP) is 3.49. The van der Waals surface area contributed by atoms with Gasteiger partial charge in [-0.15, -0.1) is 0 Å². The van der Waals surface area contributed by atoms with Gasteiger partial charge in [0.25, 0.3) is 0 Å². The Morgan fingerprint density at radius 3 is 2.96 bits per heavy atom. The van der Waals surface area contributed by atoms with Gasteiger partial charge in [-0.3, -0.25) is 4.79 Å². The Morgan fingerprint density at radius 1 is 1.30 bits per heavy atom. The summed E-state index contributed by atoms with van der Waals surface area (Å²) < 4.78 is 5.46. The fourth-order valence-electron chi connectivity index (χ4n) is 3.78. The van der Waals surface area contributed by atoms with Crippen molar-refractivity contribution in [3.05, 3.63) is 53.4 Å². The van der Waals surface area contributed by atoms with Gasteiger partial charge in [0.15, 0.2) is 0 Å². The van der Waals surface area contributed by atoms with Crippen LogP contribution in [0.1, 0.15) is 49.6 Å². The van der Waals surface area contributed by atoms with Crippen molar-refractivity contribution in [2.75, 3.05) is 13.1 Å². The third-order valence-electron chi connectivity index (χ3n) is 5.40. The Labute approximate surface area is 161 Å². The molecule has 0 bridgehead atoms. The summed E-state index contributed by atoms with van der Waals surface area (Å²) >= 11 is 0. The van der Waals surface area contributed by atoms with E-state index in [1.165, 1.54) is 0 Å². The van der Waals surface area contributed by atoms with Gasteiger partial charge in [-0.1, -0.05) is 48.8 Å². The number of piperidine rings is 1. The lowest BCUT2D eigenvalue weighted by atomic mass is 9.81. The number of unbranched alkanes of at least 4 members (excludes halogenated alkanes) is 1. The topological polar surface area (TPSA) is 67.2 Å². The van der Waals surface area contributed by atoms with Crippen LogP contribution in [-0.4, -0.2) is 24.2 Å². The molecule has 5 heteroatoms. The van der Waals surface area contributed by atoms with E-state index in [0.717, 1.165) is 62.2 Å². The SMILES string of the molecule is CCCCc1cc(C[C@H]2CNCC[C@H]2CC(=O)NCc2ccccc2)no1. The minimum atomic E-state index is 0.138. The lowest BCUT2D eigenvalue weighted by molar-refractivity contribution is -0.122. The smallest absolute Gasteiger partial charge is 0.220 e. The molecule has 2 heterocycles.